The normalized spacial score (nSPS) is 42.1. The predicted molar refractivity (Wildman–Crippen MR) is 62.9 cm³/mol. The first kappa shape index (κ1) is 12.2. The average Bonchev–Trinajstić information content (AvgIpc) is 2.90. The highest BCUT2D eigenvalue weighted by Gasteiger charge is 2.72. The monoisotopic (exact) mass is 265 g/mol. The standard InChI is InChI=1S/C13H15NO5/c1-5(2)10(15)14-9-8-6-3-13(9,12(17)18)4-7(6)11(16)19-8/h6-9H,1,3-4H2,2H3,(H,14,15)(H,17,18). The smallest absolute Gasteiger partial charge is 0.311 e. The molecule has 19 heavy (non-hydrogen) atoms. The van der Waals surface area contributed by atoms with Crippen molar-refractivity contribution in [2.24, 2.45) is 17.3 Å². The number of rotatable bonds is 3. The maximum Gasteiger partial charge on any atom is 0.311 e. The minimum atomic E-state index is -1.07. The summed E-state index contributed by atoms with van der Waals surface area (Å²) in [5, 5.41) is 12.2. The zero-order valence-corrected chi connectivity index (χ0v) is 10.5. The summed E-state index contributed by atoms with van der Waals surface area (Å²) in [5.74, 6) is -2.09. The lowest BCUT2D eigenvalue weighted by molar-refractivity contribution is -0.151. The molecule has 0 aromatic rings. The van der Waals surface area contributed by atoms with Gasteiger partial charge in [-0.15, -0.1) is 0 Å². The molecule has 5 atom stereocenters. The first-order chi connectivity index (χ1) is 8.86. The van der Waals surface area contributed by atoms with Gasteiger partial charge in [0.15, 0.2) is 0 Å². The molecule has 2 N–H and O–H groups in total. The summed E-state index contributed by atoms with van der Waals surface area (Å²) in [4.78, 5) is 35.1. The number of amides is 1. The molecule has 2 aliphatic carbocycles. The summed E-state index contributed by atoms with van der Waals surface area (Å²) in [6.07, 6.45) is 0.138. The molecule has 0 radical (unpaired) electrons. The summed E-state index contributed by atoms with van der Waals surface area (Å²) in [5.41, 5.74) is -0.763. The van der Waals surface area contributed by atoms with Gasteiger partial charge < -0.3 is 15.2 Å². The molecular weight excluding hydrogens is 250 g/mol. The fourth-order valence-electron chi connectivity index (χ4n) is 3.78. The van der Waals surface area contributed by atoms with Gasteiger partial charge in [-0.05, 0) is 19.8 Å². The number of ether oxygens (including phenoxy) is 1. The quantitative estimate of drug-likeness (QED) is 0.557. The molecule has 2 saturated carbocycles. The van der Waals surface area contributed by atoms with Crippen molar-refractivity contribution >= 4 is 17.8 Å². The van der Waals surface area contributed by atoms with Gasteiger partial charge in [0.2, 0.25) is 5.91 Å². The van der Waals surface area contributed by atoms with Crippen molar-refractivity contribution in [3.05, 3.63) is 12.2 Å². The van der Waals surface area contributed by atoms with E-state index in [-0.39, 0.29) is 24.2 Å². The molecule has 0 aromatic heterocycles. The maximum absolute atomic E-state index is 11.8. The molecule has 1 amide bonds. The number of carbonyl (C=O) groups is 3. The van der Waals surface area contributed by atoms with Crippen LogP contribution >= 0.6 is 0 Å². The van der Waals surface area contributed by atoms with Crippen molar-refractivity contribution in [3.8, 4) is 0 Å². The number of nitrogens with one attached hydrogen (secondary N) is 1. The van der Waals surface area contributed by atoms with Crippen LogP contribution in [0, 0.1) is 17.3 Å². The van der Waals surface area contributed by atoms with Gasteiger partial charge in [-0.3, -0.25) is 14.4 Å². The molecule has 1 saturated heterocycles. The van der Waals surface area contributed by atoms with Gasteiger partial charge in [0, 0.05) is 11.5 Å². The third kappa shape index (κ3) is 1.39. The Morgan fingerprint density at radius 3 is 2.74 bits per heavy atom. The zero-order valence-electron chi connectivity index (χ0n) is 10.5. The first-order valence-electron chi connectivity index (χ1n) is 6.27. The second-order valence-electron chi connectivity index (χ2n) is 5.77. The highest BCUT2D eigenvalue weighted by Crippen LogP contribution is 2.61. The van der Waals surface area contributed by atoms with Crippen LogP contribution in [0.15, 0.2) is 12.2 Å². The Bertz CT molecular complexity index is 513. The van der Waals surface area contributed by atoms with E-state index in [0.29, 0.717) is 12.0 Å². The number of carboxylic acid groups (broad SMARTS) is 1. The lowest BCUT2D eigenvalue weighted by Crippen LogP contribution is -2.54. The second-order valence-corrected chi connectivity index (χ2v) is 5.77. The molecule has 102 valence electrons. The fourth-order valence-corrected chi connectivity index (χ4v) is 3.78. The van der Waals surface area contributed by atoms with Crippen LogP contribution in [0.25, 0.3) is 0 Å². The van der Waals surface area contributed by atoms with E-state index in [1.165, 1.54) is 0 Å². The summed E-state index contributed by atoms with van der Waals surface area (Å²) in [6.45, 7) is 5.09. The van der Waals surface area contributed by atoms with Crippen molar-refractivity contribution < 1.29 is 24.2 Å². The summed E-state index contributed by atoms with van der Waals surface area (Å²) < 4.78 is 5.26. The summed E-state index contributed by atoms with van der Waals surface area (Å²) in [7, 11) is 0. The van der Waals surface area contributed by atoms with E-state index in [1.807, 2.05) is 0 Å². The Labute approximate surface area is 109 Å². The Morgan fingerprint density at radius 1 is 1.47 bits per heavy atom. The van der Waals surface area contributed by atoms with E-state index in [2.05, 4.69) is 11.9 Å². The molecule has 3 aliphatic rings. The van der Waals surface area contributed by atoms with Gasteiger partial charge >= 0.3 is 11.9 Å². The number of carbonyl (C=O) groups excluding carboxylic acids is 2. The van der Waals surface area contributed by atoms with Gasteiger partial charge in [-0.1, -0.05) is 6.58 Å². The predicted octanol–water partition coefficient (Wildman–Crippen LogP) is 0.0835. The van der Waals surface area contributed by atoms with Crippen LogP contribution in [0.3, 0.4) is 0 Å². The van der Waals surface area contributed by atoms with Crippen LogP contribution in [-0.4, -0.2) is 35.1 Å². The minimum absolute atomic E-state index is 0.0842. The number of aliphatic carboxylic acids is 1. The van der Waals surface area contributed by atoms with Gasteiger partial charge in [0.25, 0.3) is 0 Å². The van der Waals surface area contributed by atoms with Crippen molar-refractivity contribution in [3.63, 3.8) is 0 Å². The molecule has 6 heteroatoms. The van der Waals surface area contributed by atoms with Gasteiger partial charge in [0.05, 0.1) is 17.4 Å². The SMILES string of the molecule is C=C(C)C(=O)NC1C2OC(=O)C3CC1(C(=O)O)CC32. The van der Waals surface area contributed by atoms with Crippen molar-refractivity contribution in [2.45, 2.75) is 31.9 Å². The van der Waals surface area contributed by atoms with Crippen LogP contribution in [0.1, 0.15) is 19.8 Å². The number of hydrogen-bond acceptors (Lipinski definition) is 4. The number of hydrogen-bond donors (Lipinski definition) is 2. The molecule has 1 heterocycles. The topological polar surface area (TPSA) is 92.7 Å². The van der Waals surface area contributed by atoms with Crippen LogP contribution in [-0.2, 0) is 19.1 Å². The molecule has 0 spiro atoms. The van der Waals surface area contributed by atoms with E-state index in [4.69, 9.17) is 4.74 Å². The van der Waals surface area contributed by atoms with Crippen LogP contribution < -0.4 is 5.32 Å². The Hall–Kier alpha value is -1.85. The summed E-state index contributed by atoms with van der Waals surface area (Å²) in [6, 6.07) is -0.651. The molecule has 2 bridgehead atoms. The second kappa shape index (κ2) is 3.59. The van der Waals surface area contributed by atoms with Crippen LogP contribution in [0.4, 0.5) is 0 Å². The highest BCUT2D eigenvalue weighted by atomic mass is 16.6. The Morgan fingerprint density at radius 2 is 2.16 bits per heavy atom. The largest absolute Gasteiger partial charge is 0.481 e. The lowest BCUT2D eigenvalue weighted by Gasteiger charge is -2.33. The van der Waals surface area contributed by atoms with Gasteiger partial charge in [0.1, 0.15) is 6.10 Å². The molecule has 6 nitrogen and oxygen atoms in total. The molecule has 1 aliphatic heterocycles. The average molecular weight is 265 g/mol. The number of carboxylic acids is 1. The van der Waals surface area contributed by atoms with Crippen LogP contribution in [0.5, 0.6) is 0 Å². The Balaban J connectivity index is 1.94. The molecular formula is C13H15NO5. The highest BCUT2D eigenvalue weighted by molar-refractivity contribution is 5.93. The molecule has 3 fully saturated rings. The minimum Gasteiger partial charge on any atom is -0.481 e. The van der Waals surface area contributed by atoms with E-state index in [1.54, 1.807) is 6.92 Å². The van der Waals surface area contributed by atoms with E-state index >= 15 is 0 Å². The zero-order chi connectivity index (χ0) is 13.9. The van der Waals surface area contributed by atoms with E-state index in [9.17, 15) is 19.5 Å². The molecule has 3 rings (SSSR count). The fraction of sp³-hybridized carbons (Fsp3) is 0.615. The Kier molecular flexibility index (Phi) is 2.30. The van der Waals surface area contributed by atoms with E-state index < -0.39 is 29.4 Å². The lowest BCUT2D eigenvalue weighted by atomic mass is 9.76. The third-order valence-corrected chi connectivity index (χ3v) is 4.70. The van der Waals surface area contributed by atoms with Crippen molar-refractivity contribution in [1.29, 1.82) is 0 Å². The van der Waals surface area contributed by atoms with Gasteiger partial charge in [-0.25, -0.2) is 0 Å². The maximum atomic E-state index is 11.8. The number of fused-ring (bicyclic) bond motifs is 1. The molecule has 0 aromatic carbocycles. The van der Waals surface area contributed by atoms with Crippen molar-refractivity contribution in [1.82, 2.24) is 5.32 Å². The third-order valence-electron chi connectivity index (χ3n) is 4.70. The van der Waals surface area contributed by atoms with Crippen molar-refractivity contribution in [2.75, 3.05) is 0 Å². The van der Waals surface area contributed by atoms with Crippen LogP contribution in [0.2, 0.25) is 0 Å². The molecule has 5 unspecified atom stereocenters. The number of esters is 1. The van der Waals surface area contributed by atoms with Gasteiger partial charge in [-0.2, -0.15) is 0 Å². The first-order valence-corrected chi connectivity index (χ1v) is 6.27. The summed E-state index contributed by atoms with van der Waals surface area (Å²) >= 11 is 0. The van der Waals surface area contributed by atoms with E-state index in [0.717, 1.165) is 0 Å².